The number of non-ortho nitro benzene ring substituents is 1. The molecule has 0 atom stereocenters. The predicted molar refractivity (Wildman–Crippen MR) is 57.8 cm³/mol. The van der Waals surface area contributed by atoms with E-state index in [1.165, 1.54) is 0 Å². The topological polar surface area (TPSA) is 120 Å². The van der Waals surface area contributed by atoms with Gasteiger partial charge in [-0.25, -0.2) is 8.42 Å². The Morgan fingerprint density at radius 1 is 1.12 bits per heavy atom. The highest BCUT2D eigenvalue weighted by Crippen LogP contribution is 2.36. The normalized spacial score (nSPS) is 11.2. The Balaban J connectivity index is 3.73. The first-order valence-corrected chi connectivity index (χ1v) is 6.40. The smallest absolute Gasteiger partial charge is 0.258 e. The first-order chi connectivity index (χ1) is 7.64. The number of benzene rings is 1. The van der Waals surface area contributed by atoms with Gasteiger partial charge >= 0.3 is 0 Å². The van der Waals surface area contributed by atoms with Gasteiger partial charge in [0.15, 0.2) is 0 Å². The lowest BCUT2D eigenvalue weighted by Gasteiger charge is -2.01. The first kappa shape index (κ1) is 13.6. The summed E-state index contributed by atoms with van der Waals surface area (Å²) in [6, 6.07) is 1.10. The van der Waals surface area contributed by atoms with E-state index in [1.54, 1.807) is 0 Å². The molecule has 1 aromatic carbocycles. The molecule has 0 aliphatic carbocycles. The molecule has 0 aliphatic rings. The van der Waals surface area contributed by atoms with E-state index in [0.717, 1.165) is 0 Å². The fraction of sp³-hybridized carbons (Fsp3) is 0. The van der Waals surface area contributed by atoms with Crippen LogP contribution in [0.4, 0.5) is 11.4 Å². The van der Waals surface area contributed by atoms with Crippen LogP contribution in [0.5, 0.6) is 0 Å². The average Bonchev–Trinajstić information content (AvgIpc) is 2.15. The SMILES string of the molecule is O=[N+]([O-])c1cc([N+](=O)[O-])c(Cl)c(S(=O)(=O)Cl)c1. The van der Waals surface area contributed by atoms with Crippen LogP contribution < -0.4 is 0 Å². The zero-order valence-electron chi connectivity index (χ0n) is 7.66. The maximum absolute atomic E-state index is 11.0. The molecule has 17 heavy (non-hydrogen) atoms. The molecular weight excluding hydrogens is 299 g/mol. The molecular formula is C6H2Cl2N2O6S. The van der Waals surface area contributed by atoms with Crippen molar-refractivity contribution in [2.75, 3.05) is 0 Å². The second kappa shape index (κ2) is 4.43. The van der Waals surface area contributed by atoms with E-state index in [9.17, 15) is 28.6 Å². The standard InChI is InChI=1S/C6H2Cl2N2O6S/c7-6-4(10(13)14)1-3(9(11)12)2-5(6)17(8,15)16/h1-2H. The summed E-state index contributed by atoms with van der Waals surface area (Å²) >= 11 is 5.44. The second-order valence-corrected chi connectivity index (χ2v) is 5.64. The highest BCUT2D eigenvalue weighted by atomic mass is 35.7. The van der Waals surface area contributed by atoms with Crippen LogP contribution in [0.15, 0.2) is 17.0 Å². The molecule has 0 aromatic heterocycles. The monoisotopic (exact) mass is 300 g/mol. The summed E-state index contributed by atoms with van der Waals surface area (Å²) in [6.07, 6.45) is 0. The fourth-order valence-corrected chi connectivity index (χ4v) is 2.53. The third kappa shape index (κ3) is 2.81. The summed E-state index contributed by atoms with van der Waals surface area (Å²) in [6.45, 7) is 0. The van der Waals surface area contributed by atoms with E-state index >= 15 is 0 Å². The van der Waals surface area contributed by atoms with Gasteiger partial charge in [-0.1, -0.05) is 11.6 Å². The van der Waals surface area contributed by atoms with E-state index in [0.29, 0.717) is 12.1 Å². The Morgan fingerprint density at radius 2 is 1.65 bits per heavy atom. The summed E-state index contributed by atoms with van der Waals surface area (Å²) in [5.41, 5.74) is -1.69. The molecule has 0 bridgehead atoms. The van der Waals surface area contributed by atoms with Crippen LogP contribution in [-0.2, 0) is 9.05 Å². The van der Waals surface area contributed by atoms with Crippen molar-refractivity contribution in [1.82, 2.24) is 0 Å². The zero-order valence-corrected chi connectivity index (χ0v) is 9.99. The van der Waals surface area contributed by atoms with E-state index in [4.69, 9.17) is 22.3 Å². The molecule has 0 saturated carbocycles. The zero-order chi connectivity index (χ0) is 13.4. The Morgan fingerprint density at radius 3 is 2.00 bits per heavy atom. The van der Waals surface area contributed by atoms with Crippen molar-refractivity contribution in [2.45, 2.75) is 4.90 Å². The number of nitro benzene ring substituents is 2. The quantitative estimate of drug-likeness (QED) is 0.478. The lowest BCUT2D eigenvalue weighted by molar-refractivity contribution is -0.394. The summed E-state index contributed by atoms with van der Waals surface area (Å²) in [5.74, 6) is 0. The molecule has 1 rings (SSSR count). The van der Waals surface area contributed by atoms with Crippen LogP contribution in [0.3, 0.4) is 0 Å². The summed E-state index contributed by atoms with van der Waals surface area (Å²) in [4.78, 5) is 18.1. The van der Waals surface area contributed by atoms with Crippen LogP contribution >= 0.6 is 22.3 Å². The highest BCUT2D eigenvalue weighted by Gasteiger charge is 2.28. The minimum atomic E-state index is -4.41. The molecule has 92 valence electrons. The Labute approximate surface area is 103 Å². The van der Waals surface area contributed by atoms with Gasteiger partial charge in [0.2, 0.25) is 0 Å². The van der Waals surface area contributed by atoms with Crippen molar-refractivity contribution in [2.24, 2.45) is 0 Å². The fourth-order valence-electron chi connectivity index (χ4n) is 0.985. The number of nitro groups is 2. The molecule has 11 heteroatoms. The van der Waals surface area contributed by atoms with Gasteiger partial charge in [0.25, 0.3) is 20.4 Å². The molecule has 0 aliphatic heterocycles. The van der Waals surface area contributed by atoms with Gasteiger partial charge in [0.05, 0.1) is 15.9 Å². The van der Waals surface area contributed by atoms with Crippen molar-refractivity contribution in [3.63, 3.8) is 0 Å². The van der Waals surface area contributed by atoms with Crippen LogP contribution in [0, 0.1) is 20.2 Å². The van der Waals surface area contributed by atoms with Crippen LogP contribution in [0.2, 0.25) is 5.02 Å². The van der Waals surface area contributed by atoms with Crippen LogP contribution in [-0.4, -0.2) is 18.3 Å². The number of rotatable bonds is 3. The number of nitrogens with zero attached hydrogens (tertiary/aromatic N) is 2. The summed E-state index contributed by atoms with van der Waals surface area (Å²) in [7, 11) is 0.546. The molecule has 0 saturated heterocycles. The Hall–Kier alpha value is -1.45. The molecule has 0 radical (unpaired) electrons. The Bertz CT molecular complexity index is 613. The lowest BCUT2D eigenvalue weighted by Crippen LogP contribution is -1.99. The van der Waals surface area contributed by atoms with Crippen molar-refractivity contribution < 1.29 is 18.3 Å². The lowest BCUT2D eigenvalue weighted by atomic mass is 10.3. The van der Waals surface area contributed by atoms with Crippen molar-refractivity contribution in [1.29, 1.82) is 0 Å². The molecule has 8 nitrogen and oxygen atoms in total. The molecule has 0 N–H and O–H groups in total. The van der Waals surface area contributed by atoms with Gasteiger partial charge in [-0.05, 0) is 0 Å². The average molecular weight is 301 g/mol. The number of hydrogen-bond acceptors (Lipinski definition) is 6. The van der Waals surface area contributed by atoms with Crippen molar-refractivity contribution in [3.8, 4) is 0 Å². The predicted octanol–water partition coefficient (Wildman–Crippen LogP) is 2.08. The third-order valence-corrected chi connectivity index (χ3v) is 3.53. The number of hydrogen-bond donors (Lipinski definition) is 0. The maximum Gasteiger partial charge on any atom is 0.296 e. The van der Waals surface area contributed by atoms with Gasteiger partial charge in [-0.2, -0.15) is 0 Å². The third-order valence-electron chi connectivity index (χ3n) is 1.67. The van der Waals surface area contributed by atoms with Crippen molar-refractivity contribution in [3.05, 3.63) is 37.4 Å². The molecule has 0 unspecified atom stereocenters. The minimum Gasteiger partial charge on any atom is -0.258 e. The number of halogens is 2. The maximum atomic E-state index is 11.0. The summed E-state index contributed by atoms with van der Waals surface area (Å²) < 4.78 is 22.1. The van der Waals surface area contributed by atoms with Crippen LogP contribution in [0.25, 0.3) is 0 Å². The summed E-state index contributed by atoms with van der Waals surface area (Å²) in [5, 5.41) is 20.2. The molecule has 0 fully saturated rings. The van der Waals surface area contributed by atoms with Gasteiger partial charge in [0.1, 0.15) is 9.92 Å². The largest absolute Gasteiger partial charge is 0.296 e. The van der Waals surface area contributed by atoms with E-state index in [-0.39, 0.29) is 0 Å². The second-order valence-electron chi connectivity index (χ2n) is 2.73. The minimum absolute atomic E-state index is 0.550. The van der Waals surface area contributed by atoms with Crippen molar-refractivity contribution >= 4 is 42.7 Å². The molecule has 0 heterocycles. The molecule has 0 amide bonds. The van der Waals surface area contributed by atoms with Crippen LogP contribution in [0.1, 0.15) is 0 Å². The molecule has 0 spiro atoms. The van der Waals surface area contributed by atoms with E-state index in [1.807, 2.05) is 0 Å². The highest BCUT2D eigenvalue weighted by molar-refractivity contribution is 8.13. The van der Waals surface area contributed by atoms with Gasteiger partial charge < -0.3 is 0 Å². The van der Waals surface area contributed by atoms with E-state index in [2.05, 4.69) is 0 Å². The van der Waals surface area contributed by atoms with Gasteiger partial charge in [-0.15, -0.1) is 0 Å². The van der Waals surface area contributed by atoms with Gasteiger partial charge in [-0.3, -0.25) is 20.2 Å². The first-order valence-electron chi connectivity index (χ1n) is 3.71. The molecule has 1 aromatic rings. The van der Waals surface area contributed by atoms with E-state index < -0.39 is 40.2 Å². The Kier molecular flexibility index (Phi) is 3.55. The van der Waals surface area contributed by atoms with Gasteiger partial charge in [0, 0.05) is 16.7 Å².